The number of aromatic nitrogens is 1. The van der Waals surface area contributed by atoms with Crippen LogP contribution >= 0.6 is 0 Å². The Morgan fingerprint density at radius 2 is 2.29 bits per heavy atom. The van der Waals surface area contributed by atoms with Crippen LogP contribution in [0.4, 0.5) is 4.79 Å². The molecule has 0 spiro atoms. The van der Waals surface area contributed by atoms with E-state index in [2.05, 4.69) is 4.98 Å². The van der Waals surface area contributed by atoms with Gasteiger partial charge in [0.2, 0.25) is 0 Å². The summed E-state index contributed by atoms with van der Waals surface area (Å²) >= 11 is 0. The molecule has 1 aromatic rings. The summed E-state index contributed by atoms with van der Waals surface area (Å²) in [4.78, 5) is 18.0. The van der Waals surface area contributed by atoms with Gasteiger partial charge >= 0.3 is 6.09 Å². The van der Waals surface area contributed by atoms with Crippen LogP contribution in [0.3, 0.4) is 0 Å². The van der Waals surface area contributed by atoms with E-state index >= 15 is 0 Å². The van der Waals surface area contributed by atoms with Crippen LogP contribution in [0.15, 0.2) is 23.4 Å². The molecule has 6 nitrogen and oxygen atoms in total. The normalized spacial score (nSPS) is 19.4. The van der Waals surface area contributed by atoms with Crippen molar-refractivity contribution in [3.05, 3.63) is 23.9 Å². The van der Waals surface area contributed by atoms with E-state index in [4.69, 9.17) is 10.00 Å². The molecule has 0 aromatic carbocycles. The standard InChI is InChI=1S/C17H23N3O3S/c1-17(2,3)23-16(21)20-9-5-6-13(11-20)12-24(22)15-14(10-18)7-4-8-19-15/h4,7-8,13H,5-6,9,11-12H2,1-3H3/t13-,24+/m0/s1. The van der Waals surface area contributed by atoms with Crippen molar-refractivity contribution < 1.29 is 13.7 Å². The Kier molecular flexibility index (Phi) is 5.94. The topological polar surface area (TPSA) is 83.3 Å². The largest absolute Gasteiger partial charge is 0.444 e. The van der Waals surface area contributed by atoms with E-state index in [0.29, 0.717) is 29.4 Å². The molecule has 0 radical (unpaired) electrons. The van der Waals surface area contributed by atoms with E-state index in [-0.39, 0.29) is 12.0 Å². The molecule has 1 amide bonds. The Morgan fingerprint density at radius 3 is 2.96 bits per heavy atom. The summed E-state index contributed by atoms with van der Waals surface area (Å²) in [5.41, 5.74) is -0.182. The van der Waals surface area contributed by atoms with Crippen LogP contribution in [0.2, 0.25) is 0 Å². The Balaban J connectivity index is 1.99. The van der Waals surface area contributed by atoms with Crippen LogP contribution in [-0.2, 0) is 15.5 Å². The number of carbonyl (C=O) groups excluding carboxylic acids is 1. The fraction of sp³-hybridized carbons (Fsp3) is 0.588. The molecule has 0 saturated carbocycles. The van der Waals surface area contributed by atoms with Gasteiger partial charge < -0.3 is 9.64 Å². The van der Waals surface area contributed by atoms with Crippen LogP contribution < -0.4 is 0 Å². The average molecular weight is 349 g/mol. The highest BCUT2D eigenvalue weighted by Gasteiger charge is 2.29. The van der Waals surface area contributed by atoms with Crippen molar-refractivity contribution in [2.75, 3.05) is 18.8 Å². The van der Waals surface area contributed by atoms with Gasteiger partial charge in [-0.15, -0.1) is 0 Å². The summed E-state index contributed by atoms with van der Waals surface area (Å²) in [5, 5.41) is 9.43. The number of rotatable bonds is 3. The first kappa shape index (κ1) is 18.4. The number of ether oxygens (including phenoxy) is 1. The first-order valence-corrected chi connectivity index (χ1v) is 9.33. The second-order valence-electron chi connectivity index (χ2n) is 6.91. The van der Waals surface area contributed by atoms with Crippen LogP contribution in [0, 0.1) is 17.2 Å². The second-order valence-corrected chi connectivity index (χ2v) is 8.33. The number of hydrogen-bond donors (Lipinski definition) is 0. The van der Waals surface area contributed by atoms with E-state index in [1.165, 1.54) is 0 Å². The number of nitriles is 1. The first-order valence-electron chi connectivity index (χ1n) is 8.01. The van der Waals surface area contributed by atoms with Crippen LogP contribution in [-0.4, -0.2) is 44.6 Å². The van der Waals surface area contributed by atoms with E-state index in [1.807, 2.05) is 26.8 Å². The molecule has 2 rings (SSSR count). The first-order chi connectivity index (χ1) is 11.3. The number of carbonyl (C=O) groups is 1. The number of amides is 1. The minimum absolute atomic E-state index is 0.112. The molecule has 0 bridgehead atoms. The third kappa shape index (κ3) is 5.03. The molecule has 24 heavy (non-hydrogen) atoms. The van der Waals surface area contributed by atoms with Crippen LogP contribution in [0.1, 0.15) is 39.2 Å². The van der Waals surface area contributed by atoms with Crippen molar-refractivity contribution in [2.45, 2.75) is 44.2 Å². The quantitative estimate of drug-likeness (QED) is 0.838. The molecule has 1 fully saturated rings. The van der Waals surface area contributed by atoms with Crippen molar-refractivity contribution in [2.24, 2.45) is 5.92 Å². The Labute approximate surface area is 145 Å². The molecule has 1 aliphatic rings. The lowest BCUT2D eigenvalue weighted by Gasteiger charge is -2.33. The molecule has 2 heterocycles. The van der Waals surface area contributed by atoms with Gasteiger partial charge in [-0.25, -0.2) is 9.78 Å². The molecule has 1 saturated heterocycles. The molecule has 7 heteroatoms. The zero-order valence-corrected chi connectivity index (χ0v) is 15.1. The highest BCUT2D eigenvalue weighted by molar-refractivity contribution is 7.85. The van der Waals surface area contributed by atoms with E-state index in [0.717, 1.165) is 12.8 Å². The zero-order chi connectivity index (χ0) is 17.7. The summed E-state index contributed by atoms with van der Waals surface area (Å²) in [6.07, 6.45) is 2.98. The SMILES string of the molecule is CC(C)(C)OC(=O)N1CCC[C@H](C[S@@](=O)c2ncccc2C#N)C1. The van der Waals surface area contributed by atoms with Gasteiger partial charge in [0, 0.05) is 25.0 Å². The number of hydrogen-bond acceptors (Lipinski definition) is 5. The van der Waals surface area contributed by atoms with E-state index < -0.39 is 16.4 Å². The molecule has 0 unspecified atom stereocenters. The highest BCUT2D eigenvalue weighted by atomic mass is 32.2. The molecule has 0 aliphatic carbocycles. The van der Waals surface area contributed by atoms with Gasteiger partial charge in [0.15, 0.2) is 0 Å². The van der Waals surface area contributed by atoms with Gasteiger partial charge in [-0.2, -0.15) is 5.26 Å². The predicted octanol–water partition coefficient (Wildman–Crippen LogP) is 2.71. The number of likely N-dealkylation sites (tertiary alicyclic amines) is 1. The number of pyridine rings is 1. The van der Waals surface area contributed by atoms with Gasteiger partial charge in [0.25, 0.3) is 0 Å². The zero-order valence-electron chi connectivity index (χ0n) is 14.3. The molecule has 1 aromatic heterocycles. The Morgan fingerprint density at radius 1 is 1.54 bits per heavy atom. The van der Waals surface area contributed by atoms with Gasteiger partial charge in [-0.05, 0) is 51.7 Å². The molecule has 0 N–H and O–H groups in total. The summed E-state index contributed by atoms with van der Waals surface area (Å²) < 4.78 is 18.0. The summed E-state index contributed by atoms with van der Waals surface area (Å²) in [5.74, 6) is 0.506. The van der Waals surface area contributed by atoms with Gasteiger partial charge in [0.1, 0.15) is 16.7 Å². The van der Waals surface area contributed by atoms with Gasteiger partial charge in [-0.1, -0.05) is 0 Å². The summed E-state index contributed by atoms with van der Waals surface area (Å²) in [6.45, 7) is 6.70. The lowest BCUT2D eigenvalue weighted by atomic mass is 10.0. The van der Waals surface area contributed by atoms with Crippen molar-refractivity contribution in [1.82, 2.24) is 9.88 Å². The number of nitrogens with zero attached hydrogens (tertiary/aromatic N) is 3. The third-order valence-corrected chi connectivity index (χ3v) is 5.20. The average Bonchev–Trinajstić information content (AvgIpc) is 2.53. The Bertz CT molecular complexity index is 664. The third-order valence-electron chi connectivity index (χ3n) is 3.67. The molecule has 2 atom stereocenters. The van der Waals surface area contributed by atoms with Crippen LogP contribution in [0.5, 0.6) is 0 Å². The van der Waals surface area contributed by atoms with Crippen LogP contribution in [0.25, 0.3) is 0 Å². The summed E-state index contributed by atoms with van der Waals surface area (Å²) in [7, 11) is -1.35. The highest BCUT2D eigenvalue weighted by Crippen LogP contribution is 2.22. The van der Waals surface area contributed by atoms with Crippen molar-refractivity contribution in [3.8, 4) is 6.07 Å². The molecular formula is C17H23N3O3S. The fourth-order valence-corrected chi connectivity index (χ4v) is 4.04. The molecular weight excluding hydrogens is 326 g/mol. The maximum atomic E-state index is 12.6. The van der Waals surface area contributed by atoms with E-state index in [1.54, 1.807) is 23.2 Å². The Hall–Kier alpha value is -1.94. The minimum Gasteiger partial charge on any atom is -0.444 e. The monoisotopic (exact) mass is 349 g/mol. The molecule has 1 aliphatic heterocycles. The van der Waals surface area contributed by atoms with Gasteiger partial charge in [-0.3, -0.25) is 4.21 Å². The van der Waals surface area contributed by atoms with Gasteiger partial charge in [0.05, 0.1) is 16.4 Å². The lowest BCUT2D eigenvalue weighted by Crippen LogP contribution is -2.44. The minimum atomic E-state index is -1.35. The lowest BCUT2D eigenvalue weighted by molar-refractivity contribution is 0.0176. The maximum absolute atomic E-state index is 12.6. The van der Waals surface area contributed by atoms with Crippen molar-refractivity contribution in [3.63, 3.8) is 0 Å². The predicted molar refractivity (Wildman–Crippen MR) is 90.8 cm³/mol. The second kappa shape index (κ2) is 7.75. The van der Waals surface area contributed by atoms with Crippen molar-refractivity contribution in [1.29, 1.82) is 5.26 Å². The number of piperidine rings is 1. The fourth-order valence-electron chi connectivity index (χ4n) is 2.64. The van der Waals surface area contributed by atoms with Crippen molar-refractivity contribution >= 4 is 16.9 Å². The molecule has 130 valence electrons. The van der Waals surface area contributed by atoms with E-state index in [9.17, 15) is 9.00 Å². The summed E-state index contributed by atoms with van der Waals surface area (Å²) in [6, 6.07) is 5.30. The smallest absolute Gasteiger partial charge is 0.410 e. The maximum Gasteiger partial charge on any atom is 0.410 e.